The zero-order valence-electron chi connectivity index (χ0n) is 16.8. The molecule has 2 atom stereocenters. The summed E-state index contributed by atoms with van der Waals surface area (Å²) < 4.78 is 7.38. The molecular formula is C19H25Cl2N5O3. The molecule has 0 aliphatic carbocycles. The molecule has 2 N–H and O–H groups in total. The van der Waals surface area contributed by atoms with Gasteiger partial charge in [-0.2, -0.15) is 0 Å². The molecule has 0 unspecified atom stereocenters. The largest absolute Gasteiger partial charge is 0.444 e. The van der Waals surface area contributed by atoms with E-state index < -0.39 is 5.60 Å². The van der Waals surface area contributed by atoms with Gasteiger partial charge in [-0.15, -0.1) is 0 Å². The van der Waals surface area contributed by atoms with Crippen LogP contribution in [0.4, 0.5) is 4.79 Å². The number of aromatic amines is 1. The Hall–Kier alpha value is -2.19. The van der Waals surface area contributed by atoms with Gasteiger partial charge in [-0.25, -0.2) is 9.78 Å². The number of rotatable bonds is 3. The zero-order valence-corrected chi connectivity index (χ0v) is 18.3. The molecule has 8 nitrogen and oxygen atoms in total. The molecule has 0 spiro atoms. The number of aryl methyl sites for hydroxylation is 1. The summed E-state index contributed by atoms with van der Waals surface area (Å²) in [4.78, 5) is 34.0. The van der Waals surface area contributed by atoms with Crippen LogP contribution in [-0.2, 0) is 4.74 Å². The Kier molecular flexibility index (Phi) is 6.14. The van der Waals surface area contributed by atoms with E-state index in [2.05, 4.69) is 15.3 Å². The third kappa shape index (κ3) is 4.87. The SMILES string of the molecule is Cc1[nH]c(C(=O)N[C@H]2CCN(C(=O)OC(C)(C)C)C[C@H]2n2ccnc2)c(Cl)c1Cl. The molecule has 2 aromatic rings. The third-order valence-corrected chi connectivity index (χ3v) is 5.69. The lowest BCUT2D eigenvalue weighted by atomic mass is 9.99. The number of piperidine rings is 1. The summed E-state index contributed by atoms with van der Waals surface area (Å²) in [5, 5.41) is 3.56. The van der Waals surface area contributed by atoms with Crippen molar-refractivity contribution in [2.45, 2.75) is 51.8 Å². The van der Waals surface area contributed by atoms with Crippen LogP contribution in [0.25, 0.3) is 0 Å². The Morgan fingerprint density at radius 2 is 2.03 bits per heavy atom. The highest BCUT2D eigenvalue weighted by Crippen LogP contribution is 2.30. The zero-order chi connectivity index (χ0) is 21.3. The van der Waals surface area contributed by atoms with E-state index in [0.29, 0.717) is 30.2 Å². The van der Waals surface area contributed by atoms with Gasteiger partial charge in [-0.1, -0.05) is 23.2 Å². The van der Waals surface area contributed by atoms with Gasteiger partial charge in [0.05, 0.1) is 28.5 Å². The first-order valence-corrected chi connectivity index (χ1v) is 10.1. The minimum absolute atomic E-state index is 0.201. The highest BCUT2D eigenvalue weighted by Gasteiger charge is 2.36. The summed E-state index contributed by atoms with van der Waals surface area (Å²) in [6.45, 7) is 8.09. The first-order valence-electron chi connectivity index (χ1n) is 9.36. The van der Waals surface area contributed by atoms with Gasteiger partial charge in [0.15, 0.2) is 0 Å². The molecule has 1 saturated heterocycles. The van der Waals surface area contributed by atoms with E-state index in [1.807, 2.05) is 31.5 Å². The van der Waals surface area contributed by atoms with E-state index in [9.17, 15) is 9.59 Å². The van der Waals surface area contributed by atoms with Crippen molar-refractivity contribution in [3.05, 3.63) is 40.2 Å². The Morgan fingerprint density at radius 1 is 1.31 bits per heavy atom. The number of likely N-dealkylation sites (tertiary alicyclic amines) is 1. The number of H-pyrrole nitrogens is 1. The molecule has 0 radical (unpaired) electrons. The minimum atomic E-state index is -0.575. The average Bonchev–Trinajstić information content (AvgIpc) is 3.25. The minimum Gasteiger partial charge on any atom is -0.444 e. The van der Waals surface area contributed by atoms with Gasteiger partial charge < -0.3 is 24.5 Å². The van der Waals surface area contributed by atoms with Crippen molar-refractivity contribution in [1.29, 1.82) is 0 Å². The molecule has 2 amide bonds. The molecule has 1 aliphatic rings. The van der Waals surface area contributed by atoms with Crippen LogP contribution in [0.2, 0.25) is 10.0 Å². The lowest BCUT2D eigenvalue weighted by Gasteiger charge is -2.39. The summed E-state index contributed by atoms with van der Waals surface area (Å²) in [6, 6.07) is -0.429. The number of nitrogens with one attached hydrogen (secondary N) is 2. The molecule has 0 bridgehead atoms. The smallest absolute Gasteiger partial charge is 0.410 e. The number of ether oxygens (including phenoxy) is 1. The first-order chi connectivity index (χ1) is 13.6. The number of carbonyl (C=O) groups is 2. The number of carbonyl (C=O) groups excluding carboxylic acids is 2. The monoisotopic (exact) mass is 441 g/mol. The van der Waals surface area contributed by atoms with Gasteiger partial charge in [-0.3, -0.25) is 4.79 Å². The van der Waals surface area contributed by atoms with Gasteiger partial charge in [0, 0.05) is 31.2 Å². The summed E-state index contributed by atoms with van der Waals surface area (Å²) in [6.07, 6.45) is 5.33. The molecule has 29 heavy (non-hydrogen) atoms. The number of hydrogen-bond acceptors (Lipinski definition) is 4. The van der Waals surface area contributed by atoms with Crippen molar-refractivity contribution < 1.29 is 14.3 Å². The molecule has 1 fully saturated rings. The van der Waals surface area contributed by atoms with Crippen molar-refractivity contribution in [3.8, 4) is 0 Å². The summed E-state index contributed by atoms with van der Waals surface area (Å²) >= 11 is 12.3. The molecule has 3 heterocycles. The van der Waals surface area contributed by atoms with E-state index >= 15 is 0 Å². The number of nitrogens with zero attached hydrogens (tertiary/aromatic N) is 3. The van der Waals surface area contributed by atoms with E-state index in [1.54, 1.807) is 24.3 Å². The van der Waals surface area contributed by atoms with Crippen LogP contribution < -0.4 is 5.32 Å². The van der Waals surface area contributed by atoms with Crippen LogP contribution in [0.1, 0.15) is 49.4 Å². The van der Waals surface area contributed by atoms with Gasteiger partial charge in [-0.05, 0) is 34.1 Å². The highest BCUT2D eigenvalue weighted by atomic mass is 35.5. The van der Waals surface area contributed by atoms with Crippen molar-refractivity contribution in [2.24, 2.45) is 0 Å². The molecule has 1 aliphatic heterocycles. The number of amides is 2. The predicted octanol–water partition coefficient (Wildman–Crippen LogP) is 3.81. The molecule has 3 rings (SSSR count). The van der Waals surface area contributed by atoms with Crippen molar-refractivity contribution >= 4 is 35.2 Å². The van der Waals surface area contributed by atoms with Gasteiger partial charge in [0.1, 0.15) is 11.3 Å². The van der Waals surface area contributed by atoms with E-state index in [1.165, 1.54) is 0 Å². The maximum atomic E-state index is 12.8. The molecule has 0 aromatic carbocycles. The van der Waals surface area contributed by atoms with Crippen LogP contribution in [0.3, 0.4) is 0 Å². The van der Waals surface area contributed by atoms with Crippen LogP contribution in [-0.4, -0.2) is 56.2 Å². The lowest BCUT2D eigenvalue weighted by molar-refractivity contribution is 0.0143. The number of hydrogen-bond donors (Lipinski definition) is 2. The lowest BCUT2D eigenvalue weighted by Crippen LogP contribution is -2.53. The second-order valence-corrected chi connectivity index (χ2v) is 8.88. The first kappa shape index (κ1) is 21.5. The number of imidazole rings is 1. The normalized spacial score (nSPS) is 19.9. The van der Waals surface area contributed by atoms with E-state index in [-0.39, 0.29) is 34.8 Å². The molecule has 2 aromatic heterocycles. The fourth-order valence-electron chi connectivity index (χ4n) is 3.33. The fraction of sp³-hybridized carbons (Fsp3) is 0.526. The van der Waals surface area contributed by atoms with Crippen molar-refractivity contribution in [2.75, 3.05) is 13.1 Å². The predicted molar refractivity (Wildman–Crippen MR) is 110 cm³/mol. The van der Waals surface area contributed by atoms with Crippen LogP contribution in [0, 0.1) is 6.92 Å². The van der Waals surface area contributed by atoms with Crippen molar-refractivity contribution in [1.82, 2.24) is 24.8 Å². The molecule has 10 heteroatoms. The maximum absolute atomic E-state index is 12.8. The molecule has 158 valence electrons. The van der Waals surface area contributed by atoms with Gasteiger partial charge in [0.25, 0.3) is 5.91 Å². The standard InChI is InChI=1S/C19H25Cl2N5O3/c1-11-14(20)15(21)16(23-11)17(27)24-12-5-7-25(18(28)29-19(2,3)4)9-13(12)26-8-6-22-10-26/h6,8,10,12-13,23H,5,7,9H2,1-4H3,(H,24,27)/t12-,13+/m0/s1. The Balaban J connectivity index is 1.77. The van der Waals surface area contributed by atoms with Crippen LogP contribution in [0.5, 0.6) is 0 Å². The Labute approximate surface area is 179 Å². The summed E-state index contributed by atoms with van der Waals surface area (Å²) in [5.74, 6) is -0.342. The van der Waals surface area contributed by atoms with Crippen LogP contribution >= 0.6 is 23.2 Å². The van der Waals surface area contributed by atoms with Gasteiger partial charge >= 0.3 is 6.09 Å². The fourth-order valence-corrected chi connectivity index (χ4v) is 3.75. The summed E-state index contributed by atoms with van der Waals surface area (Å²) in [7, 11) is 0. The third-order valence-electron chi connectivity index (χ3n) is 4.74. The molecule has 0 saturated carbocycles. The number of halogens is 2. The second kappa shape index (κ2) is 8.28. The Bertz CT molecular complexity index is 889. The number of aromatic nitrogens is 3. The Morgan fingerprint density at radius 3 is 2.59 bits per heavy atom. The van der Waals surface area contributed by atoms with Gasteiger partial charge in [0.2, 0.25) is 0 Å². The molecular weight excluding hydrogens is 417 g/mol. The highest BCUT2D eigenvalue weighted by molar-refractivity contribution is 6.44. The van der Waals surface area contributed by atoms with E-state index in [4.69, 9.17) is 27.9 Å². The maximum Gasteiger partial charge on any atom is 0.410 e. The van der Waals surface area contributed by atoms with Crippen LogP contribution in [0.15, 0.2) is 18.7 Å². The van der Waals surface area contributed by atoms with E-state index in [0.717, 1.165) is 0 Å². The average molecular weight is 442 g/mol. The quantitative estimate of drug-likeness (QED) is 0.756. The second-order valence-electron chi connectivity index (χ2n) is 8.13. The topological polar surface area (TPSA) is 92.3 Å². The van der Waals surface area contributed by atoms with Crippen molar-refractivity contribution in [3.63, 3.8) is 0 Å². The summed E-state index contributed by atoms with van der Waals surface area (Å²) in [5.41, 5.74) is 0.287.